The van der Waals surface area contributed by atoms with Crippen LogP contribution in [0.15, 0.2) is 24.8 Å². The van der Waals surface area contributed by atoms with E-state index in [0.717, 1.165) is 6.08 Å². The summed E-state index contributed by atoms with van der Waals surface area (Å²) in [5.41, 5.74) is 0.176. The number of carbonyl (C=O) groups is 2. The predicted molar refractivity (Wildman–Crippen MR) is 56.4 cm³/mol. The van der Waals surface area contributed by atoms with Gasteiger partial charge in [0.15, 0.2) is 0 Å². The van der Waals surface area contributed by atoms with Gasteiger partial charge in [0.1, 0.15) is 0 Å². The lowest BCUT2D eigenvalue weighted by atomic mass is 10.4. The summed E-state index contributed by atoms with van der Waals surface area (Å²) in [5.74, 6) is -1.63. The van der Waals surface area contributed by atoms with Gasteiger partial charge in [-0.25, -0.2) is 9.59 Å². The molecule has 0 aromatic carbocycles. The number of hydrogen-bond acceptors (Lipinski definition) is 5. The molecule has 0 fully saturated rings. The van der Waals surface area contributed by atoms with E-state index in [9.17, 15) is 9.59 Å². The molecule has 0 heterocycles. The zero-order chi connectivity index (χ0) is 13.1. The number of esters is 1. The van der Waals surface area contributed by atoms with E-state index in [4.69, 9.17) is 15.3 Å². The topological polar surface area (TPSA) is 104 Å². The van der Waals surface area contributed by atoms with Crippen molar-refractivity contribution in [1.82, 2.24) is 0 Å². The first-order chi connectivity index (χ1) is 7.34. The molecular formula is C10H16O6. The number of rotatable bonds is 5. The Balaban J connectivity index is 0. The van der Waals surface area contributed by atoms with Gasteiger partial charge in [0.2, 0.25) is 6.29 Å². The number of carbonyl (C=O) groups excluding carboxylic acids is 1. The molecule has 0 aliphatic carbocycles. The number of aliphatic hydroxyl groups is 2. The molecule has 0 rings (SSSR count). The molecule has 6 nitrogen and oxygen atoms in total. The maximum Gasteiger partial charge on any atom is 0.332 e. The minimum Gasteiger partial charge on any atom is -0.478 e. The van der Waals surface area contributed by atoms with Crippen LogP contribution in [0, 0.1) is 0 Å². The third kappa shape index (κ3) is 12.3. The van der Waals surface area contributed by atoms with Crippen LogP contribution >= 0.6 is 0 Å². The summed E-state index contributed by atoms with van der Waals surface area (Å²) in [6.07, 6.45) is -0.254. The normalized spacial score (nSPS) is 10.4. The van der Waals surface area contributed by atoms with E-state index in [2.05, 4.69) is 17.9 Å². The first-order valence-electron chi connectivity index (χ1n) is 4.35. The molecule has 1 atom stereocenters. The van der Waals surface area contributed by atoms with Crippen LogP contribution in [-0.2, 0) is 14.3 Å². The molecule has 0 amide bonds. The monoisotopic (exact) mass is 232 g/mol. The Morgan fingerprint density at radius 3 is 2.19 bits per heavy atom. The molecule has 0 aromatic rings. The average Bonchev–Trinajstić information content (AvgIpc) is 2.18. The maximum absolute atomic E-state index is 10.3. The van der Waals surface area contributed by atoms with Gasteiger partial charge in [0.05, 0.1) is 0 Å². The Bertz CT molecular complexity index is 246. The van der Waals surface area contributed by atoms with E-state index in [1.54, 1.807) is 0 Å². The lowest BCUT2D eigenvalue weighted by molar-refractivity contribution is -0.163. The first kappa shape index (κ1) is 16.8. The van der Waals surface area contributed by atoms with Crippen LogP contribution in [0.3, 0.4) is 0 Å². The van der Waals surface area contributed by atoms with Crippen molar-refractivity contribution in [3.63, 3.8) is 0 Å². The summed E-state index contributed by atoms with van der Waals surface area (Å²) in [6.45, 7) is 7.51. The number of aliphatic carboxylic acids is 1. The largest absolute Gasteiger partial charge is 0.478 e. The van der Waals surface area contributed by atoms with Crippen molar-refractivity contribution >= 4 is 11.9 Å². The van der Waals surface area contributed by atoms with Crippen molar-refractivity contribution in [3.8, 4) is 0 Å². The molecule has 16 heavy (non-hydrogen) atoms. The van der Waals surface area contributed by atoms with Crippen molar-refractivity contribution in [3.05, 3.63) is 24.8 Å². The quantitative estimate of drug-likeness (QED) is 0.352. The third-order valence-corrected chi connectivity index (χ3v) is 1.16. The number of ether oxygens (including phenoxy) is 1. The second kappa shape index (κ2) is 9.88. The van der Waals surface area contributed by atoms with Crippen molar-refractivity contribution in [2.45, 2.75) is 19.6 Å². The average molecular weight is 232 g/mol. The highest BCUT2D eigenvalue weighted by Crippen LogP contribution is 1.93. The van der Waals surface area contributed by atoms with Crippen LogP contribution in [0.2, 0.25) is 0 Å². The summed E-state index contributed by atoms with van der Waals surface area (Å²) in [5, 5.41) is 24.8. The van der Waals surface area contributed by atoms with Gasteiger partial charge in [-0.15, -0.1) is 0 Å². The van der Waals surface area contributed by atoms with Gasteiger partial charge in [0.25, 0.3) is 0 Å². The summed E-state index contributed by atoms with van der Waals surface area (Å²) >= 11 is 0. The zero-order valence-corrected chi connectivity index (χ0v) is 9.05. The van der Waals surface area contributed by atoms with E-state index in [-0.39, 0.29) is 18.6 Å². The highest BCUT2D eigenvalue weighted by atomic mass is 16.6. The third-order valence-electron chi connectivity index (χ3n) is 1.16. The summed E-state index contributed by atoms with van der Waals surface area (Å²) in [7, 11) is 0. The molecule has 0 saturated heterocycles. The van der Waals surface area contributed by atoms with Gasteiger partial charge in [-0.1, -0.05) is 13.2 Å². The van der Waals surface area contributed by atoms with Crippen molar-refractivity contribution in [1.29, 1.82) is 0 Å². The van der Waals surface area contributed by atoms with Crippen LogP contribution in [0.5, 0.6) is 0 Å². The second-order valence-electron chi connectivity index (χ2n) is 2.69. The van der Waals surface area contributed by atoms with E-state index in [0.29, 0.717) is 0 Å². The molecule has 1 unspecified atom stereocenters. The highest BCUT2D eigenvalue weighted by Gasteiger charge is 2.05. The van der Waals surface area contributed by atoms with Crippen molar-refractivity contribution in [2.24, 2.45) is 0 Å². The molecule has 0 aromatic heterocycles. The molecule has 0 aliphatic rings. The Morgan fingerprint density at radius 2 is 1.94 bits per heavy atom. The fourth-order valence-electron chi connectivity index (χ4n) is 0.352. The van der Waals surface area contributed by atoms with Gasteiger partial charge in [-0.3, -0.25) is 0 Å². The maximum atomic E-state index is 10.3. The van der Waals surface area contributed by atoms with E-state index in [1.807, 2.05) is 0 Å². The molecule has 6 heteroatoms. The standard InChI is InChI=1S/C6H10O4.C4H6O2/c1-2-5(8)10-6(9)3-4-7;1-3(2)4(5)6/h2,6-7,9H,1,3-4H2;1H2,2H3,(H,5,6). The number of hydrogen-bond donors (Lipinski definition) is 3. The first-order valence-corrected chi connectivity index (χ1v) is 4.35. The Kier molecular flexibility index (Phi) is 10.3. The minimum absolute atomic E-state index is 0.0274. The van der Waals surface area contributed by atoms with Gasteiger partial charge >= 0.3 is 11.9 Å². The van der Waals surface area contributed by atoms with Gasteiger partial charge < -0.3 is 20.1 Å². The molecule has 0 saturated carbocycles. The fraction of sp³-hybridized carbons (Fsp3) is 0.400. The molecule has 0 spiro atoms. The van der Waals surface area contributed by atoms with Gasteiger partial charge in [-0.2, -0.15) is 0 Å². The van der Waals surface area contributed by atoms with E-state index >= 15 is 0 Å². The Labute approximate surface area is 93.5 Å². The summed E-state index contributed by atoms with van der Waals surface area (Å²) < 4.78 is 4.28. The lowest BCUT2D eigenvalue weighted by Crippen LogP contribution is -2.16. The van der Waals surface area contributed by atoms with Crippen LogP contribution in [0.25, 0.3) is 0 Å². The Hall–Kier alpha value is -1.66. The molecule has 0 bridgehead atoms. The van der Waals surface area contributed by atoms with Crippen LogP contribution in [-0.4, -0.2) is 40.2 Å². The van der Waals surface area contributed by atoms with Crippen molar-refractivity contribution in [2.75, 3.05) is 6.61 Å². The lowest BCUT2D eigenvalue weighted by Gasteiger charge is -2.07. The van der Waals surface area contributed by atoms with Crippen LogP contribution < -0.4 is 0 Å². The zero-order valence-electron chi connectivity index (χ0n) is 9.05. The molecule has 3 N–H and O–H groups in total. The van der Waals surface area contributed by atoms with Gasteiger partial charge in [-0.05, 0) is 6.92 Å². The number of aliphatic hydroxyl groups excluding tert-OH is 2. The highest BCUT2D eigenvalue weighted by molar-refractivity contribution is 5.84. The molecule has 92 valence electrons. The smallest absolute Gasteiger partial charge is 0.332 e. The van der Waals surface area contributed by atoms with Gasteiger partial charge in [0, 0.05) is 24.7 Å². The van der Waals surface area contributed by atoms with Crippen LogP contribution in [0.1, 0.15) is 13.3 Å². The number of carboxylic acid groups (broad SMARTS) is 1. The fourth-order valence-corrected chi connectivity index (χ4v) is 0.352. The van der Waals surface area contributed by atoms with Crippen molar-refractivity contribution < 1.29 is 29.6 Å². The summed E-state index contributed by atoms with van der Waals surface area (Å²) in [4.78, 5) is 19.9. The molecule has 0 aliphatic heterocycles. The van der Waals surface area contributed by atoms with Crippen LogP contribution in [0.4, 0.5) is 0 Å². The second-order valence-corrected chi connectivity index (χ2v) is 2.69. The Morgan fingerprint density at radius 1 is 1.50 bits per heavy atom. The molecular weight excluding hydrogens is 216 g/mol. The minimum atomic E-state index is -1.23. The van der Waals surface area contributed by atoms with E-state index < -0.39 is 18.2 Å². The molecule has 0 radical (unpaired) electrons. The SMILES string of the molecule is C=C(C)C(=O)O.C=CC(=O)OC(O)CCO. The number of carboxylic acids is 1. The summed E-state index contributed by atoms with van der Waals surface area (Å²) in [6, 6.07) is 0. The predicted octanol–water partition coefficient (Wildman–Crippen LogP) is 0.0635. The van der Waals surface area contributed by atoms with E-state index in [1.165, 1.54) is 6.92 Å².